The van der Waals surface area contributed by atoms with E-state index in [2.05, 4.69) is 17.2 Å². The number of nitrogens with one attached hydrogen (secondary N) is 2. The summed E-state index contributed by atoms with van der Waals surface area (Å²) in [5.41, 5.74) is 5.41. The minimum absolute atomic E-state index is 0.344. The van der Waals surface area contributed by atoms with E-state index in [1.165, 1.54) is 12.8 Å². The second-order valence-corrected chi connectivity index (χ2v) is 3.13. The number of nitrogens with two attached hydrogens (primary N) is 1. The van der Waals surface area contributed by atoms with Crippen molar-refractivity contribution in [2.45, 2.75) is 26.2 Å². The number of guanidine groups is 2. The van der Waals surface area contributed by atoms with Crippen LogP contribution in [0.25, 0.3) is 0 Å². The molecule has 0 aromatic carbocycles. The van der Waals surface area contributed by atoms with Gasteiger partial charge in [0.1, 0.15) is 6.67 Å². The quantitative estimate of drug-likeness (QED) is 0.548. The Morgan fingerprint density at radius 1 is 1.62 bits per heavy atom. The molecule has 1 aliphatic heterocycles. The first-order chi connectivity index (χ1) is 6.24. The van der Waals surface area contributed by atoms with Gasteiger partial charge in [0.15, 0.2) is 11.9 Å². The first kappa shape index (κ1) is 9.83. The molecular formula is C8H17N5. The Labute approximate surface area is 78.5 Å². The fourth-order valence-electron chi connectivity index (χ4n) is 1.21. The molecule has 0 saturated heterocycles. The minimum Gasteiger partial charge on any atom is -0.370 e. The molecule has 1 rings (SSSR count). The number of aliphatic imine (C=N–C) groups is 1. The van der Waals surface area contributed by atoms with Crippen LogP contribution < -0.4 is 11.1 Å². The van der Waals surface area contributed by atoms with Crippen molar-refractivity contribution in [2.24, 2.45) is 10.7 Å². The maximum atomic E-state index is 7.57. The second kappa shape index (κ2) is 4.69. The van der Waals surface area contributed by atoms with Gasteiger partial charge >= 0.3 is 0 Å². The van der Waals surface area contributed by atoms with Gasteiger partial charge in [0.2, 0.25) is 0 Å². The van der Waals surface area contributed by atoms with Gasteiger partial charge < -0.3 is 10.6 Å². The summed E-state index contributed by atoms with van der Waals surface area (Å²) in [5, 5.41) is 10.3. The molecule has 0 spiro atoms. The second-order valence-electron chi connectivity index (χ2n) is 3.13. The minimum atomic E-state index is 0.344. The first-order valence-electron chi connectivity index (χ1n) is 4.64. The molecule has 4 N–H and O–H groups in total. The Kier molecular flexibility index (Phi) is 3.54. The average molecular weight is 183 g/mol. The fourth-order valence-corrected chi connectivity index (χ4v) is 1.21. The third-order valence-corrected chi connectivity index (χ3v) is 2.01. The van der Waals surface area contributed by atoms with Gasteiger partial charge in [-0.15, -0.1) is 0 Å². The van der Waals surface area contributed by atoms with E-state index in [0.29, 0.717) is 18.6 Å². The Morgan fingerprint density at radius 2 is 2.38 bits per heavy atom. The SMILES string of the molecule is CCCCCN1CN=C(N)NC1=N. The number of hydrogen-bond donors (Lipinski definition) is 3. The van der Waals surface area contributed by atoms with Crippen molar-refractivity contribution in [3.63, 3.8) is 0 Å². The van der Waals surface area contributed by atoms with Gasteiger partial charge in [-0.2, -0.15) is 0 Å². The summed E-state index contributed by atoms with van der Waals surface area (Å²) in [6.07, 6.45) is 3.50. The van der Waals surface area contributed by atoms with Crippen molar-refractivity contribution in [1.29, 1.82) is 5.41 Å². The highest BCUT2D eigenvalue weighted by atomic mass is 15.4. The van der Waals surface area contributed by atoms with Crippen molar-refractivity contribution < 1.29 is 0 Å². The average Bonchev–Trinajstić information content (AvgIpc) is 2.09. The summed E-state index contributed by atoms with van der Waals surface area (Å²) in [5.74, 6) is 0.709. The molecule has 74 valence electrons. The molecule has 0 aromatic heterocycles. The van der Waals surface area contributed by atoms with E-state index in [1.807, 2.05) is 4.90 Å². The standard InChI is InChI=1S/C8H17N5/c1-2-3-4-5-13-6-11-7(9)12-8(13)10/h2-6H2,1H3,(H4,9,10,11,12). The lowest BCUT2D eigenvalue weighted by Crippen LogP contribution is -2.51. The van der Waals surface area contributed by atoms with Crippen LogP contribution in [0.1, 0.15) is 26.2 Å². The molecular weight excluding hydrogens is 166 g/mol. The molecule has 0 radical (unpaired) electrons. The maximum absolute atomic E-state index is 7.57. The van der Waals surface area contributed by atoms with Crippen LogP contribution in [0, 0.1) is 5.41 Å². The van der Waals surface area contributed by atoms with Crippen LogP contribution >= 0.6 is 0 Å². The van der Waals surface area contributed by atoms with Crippen LogP contribution in [-0.4, -0.2) is 30.0 Å². The molecule has 0 unspecified atom stereocenters. The van der Waals surface area contributed by atoms with Crippen molar-refractivity contribution in [3.05, 3.63) is 0 Å². The van der Waals surface area contributed by atoms with E-state index < -0.39 is 0 Å². The fraction of sp³-hybridized carbons (Fsp3) is 0.750. The summed E-state index contributed by atoms with van der Waals surface area (Å²) in [4.78, 5) is 5.89. The smallest absolute Gasteiger partial charge is 0.199 e. The van der Waals surface area contributed by atoms with Crippen LogP contribution in [0.15, 0.2) is 4.99 Å². The molecule has 13 heavy (non-hydrogen) atoms. The summed E-state index contributed by atoms with van der Waals surface area (Å²) < 4.78 is 0. The van der Waals surface area contributed by atoms with Gasteiger partial charge in [-0.3, -0.25) is 10.7 Å². The molecule has 0 amide bonds. The molecule has 0 bridgehead atoms. The Balaban J connectivity index is 2.31. The van der Waals surface area contributed by atoms with Crippen LogP contribution in [0.4, 0.5) is 0 Å². The van der Waals surface area contributed by atoms with Crippen molar-refractivity contribution in [3.8, 4) is 0 Å². The number of hydrogen-bond acceptors (Lipinski definition) is 3. The Hall–Kier alpha value is -1.26. The summed E-state index contributed by atoms with van der Waals surface area (Å²) >= 11 is 0. The zero-order chi connectivity index (χ0) is 9.68. The van der Waals surface area contributed by atoms with Gasteiger partial charge in [0, 0.05) is 6.54 Å². The van der Waals surface area contributed by atoms with Crippen molar-refractivity contribution in [1.82, 2.24) is 10.2 Å². The summed E-state index contributed by atoms with van der Waals surface area (Å²) in [6.45, 7) is 3.56. The molecule has 0 atom stereocenters. The van der Waals surface area contributed by atoms with Crippen LogP contribution in [0.5, 0.6) is 0 Å². The van der Waals surface area contributed by atoms with Crippen molar-refractivity contribution in [2.75, 3.05) is 13.2 Å². The lowest BCUT2D eigenvalue weighted by molar-refractivity contribution is 0.395. The normalized spacial score (nSPS) is 16.8. The van der Waals surface area contributed by atoms with Crippen LogP contribution in [0.3, 0.4) is 0 Å². The van der Waals surface area contributed by atoms with Crippen LogP contribution in [0.2, 0.25) is 0 Å². The number of rotatable bonds is 4. The maximum Gasteiger partial charge on any atom is 0.199 e. The van der Waals surface area contributed by atoms with E-state index in [4.69, 9.17) is 11.1 Å². The largest absolute Gasteiger partial charge is 0.370 e. The molecule has 5 heteroatoms. The molecule has 0 aromatic rings. The zero-order valence-corrected chi connectivity index (χ0v) is 8.01. The molecule has 0 saturated carbocycles. The van der Waals surface area contributed by atoms with Gasteiger partial charge in [0.05, 0.1) is 0 Å². The van der Waals surface area contributed by atoms with Gasteiger partial charge in [-0.25, -0.2) is 4.99 Å². The molecule has 0 fully saturated rings. The molecule has 5 nitrogen and oxygen atoms in total. The van der Waals surface area contributed by atoms with E-state index >= 15 is 0 Å². The lowest BCUT2D eigenvalue weighted by atomic mass is 10.2. The van der Waals surface area contributed by atoms with Crippen LogP contribution in [-0.2, 0) is 0 Å². The number of nitrogens with zero attached hydrogens (tertiary/aromatic N) is 2. The van der Waals surface area contributed by atoms with E-state index in [9.17, 15) is 0 Å². The highest BCUT2D eigenvalue weighted by Gasteiger charge is 2.13. The molecule has 1 heterocycles. The van der Waals surface area contributed by atoms with E-state index in [1.54, 1.807) is 0 Å². The van der Waals surface area contributed by atoms with Gasteiger partial charge in [-0.05, 0) is 6.42 Å². The molecule has 0 aliphatic carbocycles. The third kappa shape index (κ3) is 2.93. The van der Waals surface area contributed by atoms with Gasteiger partial charge in [0.25, 0.3) is 0 Å². The van der Waals surface area contributed by atoms with Gasteiger partial charge in [-0.1, -0.05) is 19.8 Å². The highest BCUT2D eigenvalue weighted by Crippen LogP contribution is 2.00. The predicted octanol–water partition coefficient (Wildman–Crippen LogP) is 0.289. The monoisotopic (exact) mass is 183 g/mol. The summed E-state index contributed by atoms with van der Waals surface area (Å²) in [6, 6.07) is 0. The van der Waals surface area contributed by atoms with E-state index in [-0.39, 0.29) is 0 Å². The first-order valence-corrected chi connectivity index (χ1v) is 4.64. The third-order valence-electron chi connectivity index (χ3n) is 2.01. The Bertz CT molecular complexity index is 211. The Morgan fingerprint density at radius 3 is 3.00 bits per heavy atom. The topological polar surface area (TPSA) is 77.5 Å². The van der Waals surface area contributed by atoms with E-state index in [0.717, 1.165) is 13.0 Å². The molecule has 1 aliphatic rings. The summed E-state index contributed by atoms with van der Waals surface area (Å²) in [7, 11) is 0. The predicted molar refractivity (Wildman–Crippen MR) is 53.6 cm³/mol. The lowest BCUT2D eigenvalue weighted by Gasteiger charge is -2.27. The van der Waals surface area contributed by atoms with Crippen molar-refractivity contribution >= 4 is 11.9 Å². The zero-order valence-electron chi connectivity index (χ0n) is 8.01. The number of unbranched alkanes of at least 4 members (excludes halogenated alkanes) is 2. The highest BCUT2D eigenvalue weighted by molar-refractivity contribution is 5.97.